The fourth-order valence-corrected chi connectivity index (χ4v) is 2.70. The third-order valence-electron chi connectivity index (χ3n) is 4.11. The molecule has 20 heavy (non-hydrogen) atoms. The highest BCUT2D eigenvalue weighted by atomic mass is 16.4. The molecule has 2 heterocycles. The number of carboxylic acid groups (broad SMARTS) is 1. The maximum atomic E-state index is 10.9. The SMILES string of the molecule is CC1CN(C(C)C)CC1NCc1cc(C(=O)O)nn1C. The summed E-state index contributed by atoms with van der Waals surface area (Å²) in [5, 5.41) is 16.5. The summed E-state index contributed by atoms with van der Waals surface area (Å²) in [5.41, 5.74) is 1.00. The Morgan fingerprint density at radius 1 is 1.55 bits per heavy atom. The molecule has 1 fully saturated rings. The minimum Gasteiger partial charge on any atom is -0.476 e. The first-order valence-corrected chi connectivity index (χ1v) is 7.12. The minimum atomic E-state index is -0.980. The Morgan fingerprint density at radius 3 is 2.75 bits per heavy atom. The molecule has 2 N–H and O–H groups in total. The first kappa shape index (κ1) is 15.0. The molecule has 1 aromatic rings. The van der Waals surface area contributed by atoms with E-state index in [1.54, 1.807) is 17.8 Å². The molecule has 0 aromatic carbocycles. The van der Waals surface area contributed by atoms with E-state index < -0.39 is 5.97 Å². The van der Waals surface area contributed by atoms with Crippen molar-refractivity contribution >= 4 is 5.97 Å². The van der Waals surface area contributed by atoms with Crippen LogP contribution in [0.1, 0.15) is 37.0 Å². The van der Waals surface area contributed by atoms with Crippen molar-refractivity contribution in [2.75, 3.05) is 13.1 Å². The van der Waals surface area contributed by atoms with Gasteiger partial charge in [0.2, 0.25) is 0 Å². The van der Waals surface area contributed by atoms with Crippen molar-refractivity contribution in [2.24, 2.45) is 13.0 Å². The molecule has 1 aromatic heterocycles. The van der Waals surface area contributed by atoms with Crippen LogP contribution >= 0.6 is 0 Å². The standard InChI is InChI=1S/C14H24N4O2/c1-9(2)18-7-10(3)13(8-18)15-6-11-5-12(14(19)20)16-17(11)4/h5,9-10,13,15H,6-8H2,1-4H3,(H,19,20). The molecule has 6 heteroatoms. The number of hydrogen-bond acceptors (Lipinski definition) is 4. The van der Waals surface area contributed by atoms with Crippen molar-refractivity contribution in [1.29, 1.82) is 0 Å². The van der Waals surface area contributed by atoms with Crippen molar-refractivity contribution in [2.45, 2.75) is 39.4 Å². The summed E-state index contributed by atoms with van der Waals surface area (Å²) in [5.74, 6) is -0.378. The lowest BCUT2D eigenvalue weighted by molar-refractivity contribution is 0.0689. The number of aryl methyl sites for hydroxylation is 1. The third-order valence-corrected chi connectivity index (χ3v) is 4.11. The van der Waals surface area contributed by atoms with Crippen molar-refractivity contribution in [3.63, 3.8) is 0 Å². The number of aromatic carboxylic acids is 1. The highest BCUT2D eigenvalue weighted by Gasteiger charge is 2.30. The van der Waals surface area contributed by atoms with Crippen LogP contribution in [0.2, 0.25) is 0 Å². The van der Waals surface area contributed by atoms with E-state index in [0.717, 1.165) is 18.8 Å². The van der Waals surface area contributed by atoms with E-state index in [4.69, 9.17) is 5.11 Å². The first-order valence-electron chi connectivity index (χ1n) is 7.12. The monoisotopic (exact) mass is 280 g/mol. The number of hydrogen-bond donors (Lipinski definition) is 2. The molecule has 0 bridgehead atoms. The largest absolute Gasteiger partial charge is 0.476 e. The van der Waals surface area contributed by atoms with Gasteiger partial charge in [-0.25, -0.2) is 4.79 Å². The summed E-state index contributed by atoms with van der Waals surface area (Å²) in [4.78, 5) is 13.4. The van der Waals surface area contributed by atoms with E-state index >= 15 is 0 Å². The van der Waals surface area contributed by atoms with E-state index in [1.165, 1.54) is 0 Å². The Kier molecular flexibility index (Phi) is 4.45. The van der Waals surface area contributed by atoms with E-state index in [9.17, 15) is 4.79 Å². The van der Waals surface area contributed by atoms with Gasteiger partial charge in [0.15, 0.2) is 5.69 Å². The summed E-state index contributed by atoms with van der Waals surface area (Å²) in [7, 11) is 1.78. The predicted octanol–water partition coefficient (Wildman–Crippen LogP) is 0.937. The van der Waals surface area contributed by atoms with Gasteiger partial charge in [-0.05, 0) is 25.8 Å². The highest BCUT2D eigenvalue weighted by Crippen LogP contribution is 2.19. The zero-order valence-corrected chi connectivity index (χ0v) is 12.6. The number of nitrogens with one attached hydrogen (secondary N) is 1. The van der Waals surface area contributed by atoms with Gasteiger partial charge in [-0.2, -0.15) is 5.10 Å². The molecule has 1 saturated heterocycles. The molecule has 0 radical (unpaired) electrons. The van der Waals surface area contributed by atoms with E-state index in [2.05, 4.69) is 36.1 Å². The smallest absolute Gasteiger partial charge is 0.356 e. The average molecular weight is 280 g/mol. The molecule has 1 aliphatic heterocycles. The third kappa shape index (κ3) is 3.19. The fourth-order valence-electron chi connectivity index (χ4n) is 2.70. The van der Waals surface area contributed by atoms with Crippen LogP contribution in [-0.4, -0.2) is 50.9 Å². The Bertz CT molecular complexity index is 484. The molecule has 2 atom stereocenters. The molecule has 0 spiro atoms. The Morgan fingerprint density at radius 2 is 2.25 bits per heavy atom. The van der Waals surface area contributed by atoms with Crippen LogP contribution < -0.4 is 5.32 Å². The lowest BCUT2D eigenvalue weighted by Crippen LogP contribution is -2.36. The second kappa shape index (κ2) is 5.93. The van der Waals surface area contributed by atoms with Gasteiger partial charge >= 0.3 is 5.97 Å². The van der Waals surface area contributed by atoms with Crippen molar-refractivity contribution in [3.05, 3.63) is 17.5 Å². The van der Waals surface area contributed by atoms with E-state index in [1.807, 2.05) is 0 Å². The Balaban J connectivity index is 1.94. The Labute approximate surface area is 119 Å². The van der Waals surface area contributed by atoms with Crippen molar-refractivity contribution in [1.82, 2.24) is 20.0 Å². The summed E-state index contributed by atoms with van der Waals surface area (Å²) >= 11 is 0. The van der Waals surface area contributed by atoms with Gasteiger partial charge in [0.25, 0.3) is 0 Å². The zero-order chi connectivity index (χ0) is 14.9. The van der Waals surface area contributed by atoms with Gasteiger partial charge in [-0.15, -0.1) is 0 Å². The van der Waals surface area contributed by atoms with E-state index in [-0.39, 0.29) is 5.69 Å². The quantitative estimate of drug-likeness (QED) is 0.840. The first-order chi connectivity index (χ1) is 9.38. The summed E-state index contributed by atoms with van der Waals surface area (Å²) in [6, 6.07) is 2.65. The number of rotatable bonds is 5. The van der Waals surface area contributed by atoms with Crippen molar-refractivity contribution < 1.29 is 9.90 Å². The molecule has 2 unspecified atom stereocenters. The van der Waals surface area contributed by atoms with Gasteiger partial charge in [-0.1, -0.05) is 6.92 Å². The van der Waals surface area contributed by atoms with Crippen LogP contribution in [-0.2, 0) is 13.6 Å². The van der Waals surface area contributed by atoms with Crippen molar-refractivity contribution in [3.8, 4) is 0 Å². The topological polar surface area (TPSA) is 70.4 Å². The lowest BCUT2D eigenvalue weighted by atomic mass is 10.1. The van der Waals surface area contributed by atoms with Gasteiger partial charge in [0.05, 0.1) is 5.69 Å². The summed E-state index contributed by atoms with van der Waals surface area (Å²) in [6.07, 6.45) is 0. The molecule has 0 saturated carbocycles. The van der Waals surface area contributed by atoms with Gasteiger partial charge in [0.1, 0.15) is 0 Å². The van der Waals surface area contributed by atoms with Gasteiger partial charge < -0.3 is 10.4 Å². The molecule has 2 rings (SSSR count). The molecular formula is C14H24N4O2. The Hall–Kier alpha value is -1.40. The molecular weight excluding hydrogens is 256 g/mol. The second-order valence-corrected chi connectivity index (χ2v) is 5.96. The normalized spacial score (nSPS) is 23.6. The van der Waals surface area contributed by atoms with Crippen LogP contribution in [0.5, 0.6) is 0 Å². The second-order valence-electron chi connectivity index (χ2n) is 5.96. The number of carbonyl (C=O) groups is 1. The number of nitrogens with zero attached hydrogens (tertiary/aromatic N) is 3. The number of likely N-dealkylation sites (tertiary alicyclic amines) is 1. The zero-order valence-electron chi connectivity index (χ0n) is 12.6. The van der Waals surface area contributed by atoms with Crippen LogP contribution in [0, 0.1) is 5.92 Å². The predicted molar refractivity (Wildman–Crippen MR) is 76.7 cm³/mol. The van der Waals surface area contributed by atoms with Gasteiger partial charge in [-0.3, -0.25) is 9.58 Å². The van der Waals surface area contributed by atoms with Crippen LogP contribution in [0.25, 0.3) is 0 Å². The molecule has 112 valence electrons. The number of aromatic nitrogens is 2. The molecule has 6 nitrogen and oxygen atoms in total. The summed E-state index contributed by atoms with van der Waals surface area (Å²) < 4.78 is 1.64. The molecule has 0 aliphatic carbocycles. The van der Waals surface area contributed by atoms with Crippen LogP contribution in [0.4, 0.5) is 0 Å². The maximum Gasteiger partial charge on any atom is 0.356 e. The van der Waals surface area contributed by atoms with Gasteiger partial charge in [0, 0.05) is 38.8 Å². The van der Waals surface area contributed by atoms with Crippen LogP contribution in [0.15, 0.2) is 6.07 Å². The summed E-state index contributed by atoms with van der Waals surface area (Å²) in [6.45, 7) is 9.50. The lowest BCUT2D eigenvalue weighted by Gasteiger charge is -2.20. The van der Waals surface area contributed by atoms with Crippen LogP contribution in [0.3, 0.4) is 0 Å². The molecule has 0 amide bonds. The average Bonchev–Trinajstić information content (AvgIpc) is 2.91. The maximum absolute atomic E-state index is 10.9. The fraction of sp³-hybridized carbons (Fsp3) is 0.714. The highest BCUT2D eigenvalue weighted by molar-refractivity contribution is 5.85. The minimum absolute atomic E-state index is 0.104. The van der Waals surface area contributed by atoms with E-state index in [0.29, 0.717) is 24.5 Å². The molecule has 1 aliphatic rings. The number of carboxylic acids is 1.